The summed E-state index contributed by atoms with van der Waals surface area (Å²) in [5, 5.41) is 11.7. The fourth-order valence-corrected chi connectivity index (χ4v) is 3.31. The fourth-order valence-electron chi connectivity index (χ4n) is 3.31. The van der Waals surface area contributed by atoms with E-state index in [1.165, 1.54) is 0 Å². The third kappa shape index (κ3) is 4.09. The largest absolute Gasteiger partial charge is 0.317 e. The molecule has 4 rings (SSSR count). The Kier molecular flexibility index (Phi) is 5.72. The van der Waals surface area contributed by atoms with E-state index in [-0.39, 0.29) is 18.3 Å². The number of halogens is 1. The number of carbonyl (C=O) groups is 1. The molecule has 27 heavy (non-hydrogen) atoms. The lowest BCUT2D eigenvalue weighted by atomic mass is 9.98. The number of nitrogens with one attached hydrogen (secondary N) is 2. The lowest BCUT2D eigenvalue weighted by Gasteiger charge is -2.19. The zero-order valence-corrected chi connectivity index (χ0v) is 16.2. The maximum absolute atomic E-state index is 12.6. The van der Waals surface area contributed by atoms with Crippen molar-refractivity contribution in [2.24, 2.45) is 7.05 Å². The molecule has 142 valence electrons. The molecule has 2 aromatic heterocycles. The highest BCUT2D eigenvalue weighted by Crippen LogP contribution is 2.23. The number of rotatable bonds is 3. The van der Waals surface area contributed by atoms with E-state index in [0.29, 0.717) is 17.4 Å². The van der Waals surface area contributed by atoms with Gasteiger partial charge in [-0.15, -0.1) is 12.4 Å². The summed E-state index contributed by atoms with van der Waals surface area (Å²) >= 11 is 0. The van der Waals surface area contributed by atoms with Gasteiger partial charge in [0.1, 0.15) is 0 Å². The van der Waals surface area contributed by atoms with Crippen molar-refractivity contribution in [2.45, 2.75) is 25.7 Å². The molecule has 0 spiro atoms. The van der Waals surface area contributed by atoms with Gasteiger partial charge in [0.25, 0.3) is 5.91 Å². The minimum atomic E-state index is -0.195. The standard InChI is InChI=1S/C19H22N6O.ClH/c1-12-3-4-14-11-15(5-6-16(14)21-12)18(26)23-19-22-17(24-25(19)2)13-7-9-20-10-8-13;/h3-6,11,13,20H,7-10H2,1-2H3,(H,22,23,24,26);1H. The third-order valence-electron chi connectivity index (χ3n) is 4.80. The summed E-state index contributed by atoms with van der Waals surface area (Å²) < 4.78 is 1.64. The molecule has 7 nitrogen and oxygen atoms in total. The average Bonchev–Trinajstić information content (AvgIpc) is 3.02. The van der Waals surface area contributed by atoms with Gasteiger partial charge in [-0.2, -0.15) is 10.1 Å². The van der Waals surface area contributed by atoms with Gasteiger partial charge in [-0.25, -0.2) is 4.68 Å². The van der Waals surface area contributed by atoms with Crippen molar-refractivity contribution in [1.29, 1.82) is 0 Å². The number of aromatic nitrogens is 4. The minimum Gasteiger partial charge on any atom is -0.317 e. The Hall–Kier alpha value is -2.51. The number of hydrogen-bond donors (Lipinski definition) is 2. The molecule has 1 amide bonds. The predicted molar refractivity (Wildman–Crippen MR) is 108 cm³/mol. The third-order valence-corrected chi connectivity index (χ3v) is 4.80. The number of aryl methyl sites for hydroxylation is 2. The molecule has 0 saturated carbocycles. The summed E-state index contributed by atoms with van der Waals surface area (Å²) in [6.07, 6.45) is 2.04. The molecular weight excluding hydrogens is 364 g/mol. The summed E-state index contributed by atoms with van der Waals surface area (Å²) in [7, 11) is 1.81. The summed E-state index contributed by atoms with van der Waals surface area (Å²) in [5.74, 6) is 1.44. The average molecular weight is 387 g/mol. The maximum atomic E-state index is 12.6. The second kappa shape index (κ2) is 8.02. The summed E-state index contributed by atoms with van der Waals surface area (Å²) in [5.41, 5.74) is 2.42. The Bertz CT molecular complexity index is 964. The topological polar surface area (TPSA) is 84.7 Å². The van der Waals surface area contributed by atoms with Crippen molar-refractivity contribution in [1.82, 2.24) is 25.1 Å². The Morgan fingerprint density at radius 2 is 1.96 bits per heavy atom. The van der Waals surface area contributed by atoms with E-state index in [0.717, 1.165) is 48.4 Å². The zero-order chi connectivity index (χ0) is 18.1. The van der Waals surface area contributed by atoms with Gasteiger partial charge < -0.3 is 5.32 Å². The van der Waals surface area contributed by atoms with Crippen LogP contribution in [0.15, 0.2) is 30.3 Å². The number of benzene rings is 1. The van der Waals surface area contributed by atoms with Crippen molar-refractivity contribution in [3.05, 3.63) is 47.4 Å². The maximum Gasteiger partial charge on any atom is 0.258 e. The first kappa shape index (κ1) is 19.3. The molecule has 1 aromatic carbocycles. The Morgan fingerprint density at radius 3 is 2.74 bits per heavy atom. The first-order chi connectivity index (χ1) is 12.6. The van der Waals surface area contributed by atoms with E-state index in [9.17, 15) is 4.79 Å². The van der Waals surface area contributed by atoms with Crippen molar-refractivity contribution >= 4 is 35.2 Å². The number of amides is 1. The van der Waals surface area contributed by atoms with Crippen LogP contribution in [0.1, 0.15) is 40.6 Å². The monoisotopic (exact) mass is 386 g/mol. The van der Waals surface area contributed by atoms with Gasteiger partial charge in [-0.3, -0.25) is 15.1 Å². The molecule has 0 unspecified atom stereocenters. The molecule has 2 N–H and O–H groups in total. The number of pyridine rings is 1. The molecule has 0 aliphatic carbocycles. The van der Waals surface area contributed by atoms with Gasteiger partial charge in [-0.05, 0) is 57.1 Å². The van der Waals surface area contributed by atoms with Gasteiger partial charge in [0.15, 0.2) is 5.82 Å². The number of piperidine rings is 1. The number of anilines is 1. The van der Waals surface area contributed by atoms with Crippen LogP contribution < -0.4 is 10.6 Å². The number of hydrogen-bond acceptors (Lipinski definition) is 5. The van der Waals surface area contributed by atoms with Crippen molar-refractivity contribution in [2.75, 3.05) is 18.4 Å². The molecule has 0 atom stereocenters. The number of carbonyl (C=O) groups excluding carboxylic acids is 1. The Labute approximate surface area is 164 Å². The van der Waals surface area contributed by atoms with Crippen molar-refractivity contribution < 1.29 is 4.79 Å². The molecule has 8 heteroatoms. The lowest BCUT2D eigenvalue weighted by Crippen LogP contribution is -2.27. The molecule has 3 heterocycles. The molecule has 0 bridgehead atoms. The summed E-state index contributed by atoms with van der Waals surface area (Å²) in [6, 6.07) is 9.42. The van der Waals surface area contributed by atoms with Crippen LogP contribution in [0.3, 0.4) is 0 Å². The predicted octanol–water partition coefficient (Wildman–Crippen LogP) is 2.81. The highest BCUT2D eigenvalue weighted by molar-refractivity contribution is 6.05. The normalized spacial score (nSPS) is 14.7. The molecule has 1 fully saturated rings. The smallest absolute Gasteiger partial charge is 0.258 e. The fraction of sp³-hybridized carbons (Fsp3) is 0.368. The summed E-state index contributed by atoms with van der Waals surface area (Å²) in [6.45, 7) is 3.92. The number of fused-ring (bicyclic) bond motifs is 1. The van der Waals surface area contributed by atoms with E-state index in [1.54, 1.807) is 17.8 Å². The van der Waals surface area contributed by atoms with Crippen LogP contribution in [0.25, 0.3) is 10.9 Å². The molecule has 1 saturated heterocycles. The summed E-state index contributed by atoms with van der Waals surface area (Å²) in [4.78, 5) is 21.7. The van der Waals surface area contributed by atoms with Gasteiger partial charge >= 0.3 is 0 Å². The second-order valence-electron chi connectivity index (χ2n) is 6.76. The molecule has 3 aromatic rings. The van der Waals surface area contributed by atoms with Crippen LogP contribution in [0.2, 0.25) is 0 Å². The van der Waals surface area contributed by atoms with Crippen LogP contribution >= 0.6 is 12.4 Å². The van der Waals surface area contributed by atoms with Crippen LogP contribution in [0, 0.1) is 6.92 Å². The van der Waals surface area contributed by atoms with Crippen LogP contribution in [0.5, 0.6) is 0 Å². The Balaban J connectivity index is 0.00000210. The van der Waals surface area contributed by atoms with Crippen LogP contribution in [0.4, 0.5) is 5.95 Å². The van der Waals surface area contributed by atoms with E-state index >= 15 is 0 Å². The SMILES string of the molecule is Cc1ccc2cc(C(=O)Nc3nc(C4CCNCC4)nn3C)ccc2n1.Cl. The first-order valence-corrected chi connectivity index (χ1v) is 8.90. The van der Waals surface area contributed by atoms with Crippen molar-refractivity contribution in [3.63, 3.8) is 0 Å². The Morgan fingerprint density at radius 1 is 1.19 bits per heavy atom. The molecular formula is C19H23ClN6O. The first-order valence-electron chi connectivity index (χ1n) is 8.90. The molecule has 1 aliphatic rings. The van der Waals surface area contributed by atoms with Crippen LogP contribution in [-0.2, 0) is 7.05 Å². The molecule has 1 aliphatic heterocycles. The van der Waals surface area contributed by atoms with E-state index in [4.69, 9.17) is 0 Å². The van der Waals surface area contributed by atoms with E-state index < -0.39 is 0 Å². The van der Waals surface area contributed by atoms with Gasteiger partial charge in [0.05, 0.1) is 5.52 Å². The van der Waals surface area contributed by atoms with E-state index in [2.05, 4.69) is 25.7 Å². The second-order valence-corrected chi connectivity index (χ2v) is 6.76. The van der Waals surface area contributed by atoms with Gasteiger partial charge in [0.2, 0.25) is 5.95 Å². The number of nitrogens with zero attached hydrogens (tertiary/aromatic N) is 4. The highest BCUT2D eigenvalue weighted by atomic mass is 35.5. The quantitative estimate of drug-likeness (QED) is 0.723. The zero-order valence-electron chi connectivity index (χ0n) is 15.4. The van der Waals surface area contributed by atoms with Crippen molar-refractivity contribution in [3.8, 4) is 0 Å². The van der Waals surface area contributed by atoms with Crippen LogP contribution in [-0.4, -0.2) is 38.7 Å². The highest BCUT2D eigenvalue weighted by Gasteiger charge is 2.21. The molecule has 0 radical (unpaired) electrons. The van der Waals surface area contributed by atoms with E-state index in [1.807, 2.05) is 31.2 Å². The lowest BCUT2D eigenvalue weighted by molar-refractivity contribution is 0.102. The van der Waals surface area contributed by atoms with Gasteiger partial charge in [0, 0.05) is 29.6 Å². The van der Waals surface area contributed by atoms with Gasteiger partial charge in [-0.1, -0.05) is 6.07 Å². The minimum absolute atomic E-state index is 0.